The van der Waals surface area contributed by atoms with E-state index in [0.29, 0.717) is 6.61 Å². The number of carbonyl (C=O) groups is 1. The molecule has 14 heavy (non-hydrogen) atoms. The van der Waals surface area contributed by atoms with Crippen LogP contribution in [0.3, 0.4) is 0 Å². The maximum Gasteiger partial charge on any atom is 0.225 e. The summed E-state index contributed by atoms with van der Waals surface area (Å²) in [6.45, 7) is 2.41. The molecule has 1 rings (SSSR count). The summed E-state index contributed by atoms with van der Waals surface area (Å²) in [5.41, 5.74) is 1.15. The van der Waals surface area contributed by atoms with Crippen LogP contribution in [0.25, 0.3) is 0 Å². The number of aryl methyl sites for hydroxylation is 1. The molecule has 76 valence electrons. The van der Waals surface area contributed by atoms with Gasteiger partial charge in [-0.2, -0.15) is 0 Å². The molecule has 0 aromatic heterocycles. The number of halogens is 1. The number of benzene rings is 1. The van der Waals surface area contributed by atoms with Crippen molar-refractivity contribution in [3.8, 4) is 5.75 Å². The average Bonchev–Trinajstić information content (AvgIpc) is 2.18. The van der Waals surface area contributed by atoms with Gasteiger partial charge >= 0.3 is 0 Å². The number of rotatable bonds is 5. The van der Waals surface area contributed by atoms with Crippen molar-refractivity contribution in [3.63, 3.8) is 0 Å². The lowest BCUT2D eigenvalue weighted by Crippen LogP contribution is -2.02. The molecule has 0 aliphatic rings. The Bertz CT molecular complexity index is 310. The third-order valence-electron chi connectivity index (χ3n) is 1.91. The molecule has 0 aliphatic carbocycles. The second-order valence-corrected chi connectivity index (χ2v) is 3.34. The first-order valence-electron chi connectivity index (χ1n) is 4.63. The lowest BCUT2D eigenvalue weighted by atomic mass is 10.1. The zero-order valence-electron chi connectivity index (χ0n) is 8.13. The fourth-order valence-corrected chi connectivity index (χ4v) is 1.26. The molecule has 1 aromatic carbocycles. The summed E-state index contributed by atoms with van der Waals surface area (Å²) in [5.74, 6) is 0.841. The first-order chi connectivity index (χ1) is 6.74. The van der Waals surface area contributed by atoms with Crippen molar-refractivity contribution in [2.24, 2.45) is 0 Å². The predicted molar refractivity (Wildman–Crippen MR) is 56.8 cm³/mol. The molecule has 3 heteroatoms. The largest absolute Gasteiger partial charge is 0.493 e. The van der Waals surface area contributed by atoms with Gasteiger partial charge in [0.1, 0.15) is 5.75 Å². The third-order valence-corrected chi connectivity index (χ3v) is 2.10. The molecule has 0 N–H and O–H groups in total. The highest BCUT2D eigenvalue weighted by molar-refractivity contribution is 6.63. The lowest BCUT2D eigenvalue weighted by Gasteiger charge is -2.08. The highest BCUT2D eigenvalue weighted by Gasteiger charge is 2.01. The van der Waals surface area contributed by atoms with Crippen LogP contribution in [0.5, 0.6) is 5.75 Å². The van der Waals surface area contributed by atoms with E-state index < -0.39 is 0 Å². The van der Waals surface area contributed by atoms with E-state index >= 15 is 0 Å². The van der Waals surface area contributed by atoms with Gasteiger partial charge in [-0.3, -0.25) is 4.79 Å². The summed E-state index contributed by atoms with van der Waals surface area (Å²) in [6.07, 6.45) is 1.17. The van der Waals surface area contributed by atoms with Crippen molar-refractivity contribution in [1.82, 2.24) is 0 Å². The summed E-state index contributed by atoms with van der Waals surface area (Å²) in [6, 6.07) is 7.80. The minimum atomic E-state index is -0.362. The van der Waals surface area contributed by atoms with Crippen molar-refractivity contribution in [2.75, 3.05) is 6.61 Å². The number of para-hydroxylation sites is 1. The highest BCUT2D eigenvalue weighted by atomic mass is 35.5. The van der Waals surface area contributed by atoms with Crippen LogP contribution in [-0.4, -0.2) is 11.8 Å². The van der Waals surface area contributed by atoms with Crippen molar-refractivity contribution in [3.05, 3.63) is 29.8 Å². The Balaban J connectivity index is 2.53. The Labute approximate surface area is 88.8 Å². The fraction of sp³-hybridized carbons (Fsp3) is 0.364. The smallest absolute Gasteiger partial charge is 0.225 e. The van der Waals surface area contributed by atoms with Crippen molar-refractivity contribution in [2.45, 2.75) is 19.8 Å². The van der Waals surface area contributed by atoms with Gasteiger partial charge in [-0.15, -0.1) is 0 Å². The maximum atomic E-state index is 10.5. The van der Waals surface area contributed by atoms with Crippen molar-refractivity contribution < 1.29 is 9.53 Å². The molecule has 0 unspecified atom stereocenters. The third kappa shape index (κ3) is 3.38. The molecule has 0 saturated carbocycles. The van der Waals surface area contributed by atoms with E-state index in [1.165, 1.54) is 0 Å². The monoisotopic (exact) mass is 212 g/mol. The van der Waals surface area contributed by atoms with Gasteiger partial charge in [0.2, 0.25) is 5.24 Å². The average molecular weight is 213 g/mol. The van der Waals surface area contributed by atoms with Crippen LogP contribution in [0.2, 0.25) is 0 Å². The number of ether oxygens (including phenoxy) is 1. The Morgan fingerprint density at radius 2 is 2.14 bits per heavy atom. The Hall–Kier alpha value is -1.02. The molecule has 0 bridgehead atoms. The fourth-order valence-electron chi connectivity index (χ4n) is 1.18. The van der Waals surface area contributed by atoms with Crippen LogP contribution in [-0.2, 0) is 11.2 Å². The van der Waals surface area contributed by atoms with Gasteiger partial charge in [0, 0.05) is 0 Å². The minimum Gasteiger partial charge on any atom is -0.493 e. The first kappa shape index (κ1) is 11.1. The van der Waals surface area contributed by atoms with E-state index in [0.717, 1.165) is 17.7 Å². The van der Waals surface area contributed by atoms with E-state index in [4.69, 9.17) is 16.3 Å². The molecular weight excluding hydrogens is 200 g/mol. The van der Waals surface area contributed by atoms with Gasteiger partial charge in [-0.25, -0.2) is 0 Å². The predicted octanol–water partition coefficient (Wildman–Crippen LogP) is 2.78. The Kier molecular flexibility index (Phi) is 4.47. The molecule has 0 radical (unpaired) electrons. The molecule has 0 atom stereocenters. The maximum absolute atomic E-state index is 10.5. The molecule has 0 aliphatic heterocycles. The van der Waals surface area contributed by atoms with Gasteiger partial charge in [-0.1, -0.05) is 25.1 Å². The van der Waals surface area contributed by atoms with E-state index in [1.54, 1.807) is 0 Å². The molecular formula is C11H13ClO2. The quantitative estimate of drug-likeness (QED) is 0.702. The van der Waals surface area contributed by atoms with E-state index in [9.17, 15) is 4.79 Å². The van der Waals surface area contributed by atoms with Crippen LogP contribution in [0.1, 0.15) is 18.9 Å². The minimum absolute atomic E-state index is 0.250. The zero-order valence-corrected chi connectivity index (χ0v) is 8.88. The topological polar surface area (TPSA) is 26.3 Å². The standard InChI is InChI=1S/C11H13ClO2/c1-2-9-5-3-4-6-10(9)14-8-7-11(12)13/h3-6H,2,7-8H2,1H3. The molecule has 0 heterocycles. The van der Waals surface area contributed by atoms with Gasteiger partial charge in [-0.05, 0) is 29.7 Å². The molecule has 1 aromatic rings. The summed E-state index contributed by atoms with van der Waals surface area (Å²) in [7, 11) is 0. The van der Waals surface area contributed by atoms with Crippen LogP contribution < -0.4 is 4.74 Å². The van der Waals surface area contributed by atoms with Crippen LogP contribution in [0.4, 0.5) is 0 Å². The van der Waals surface area contributed by atoms with Crippen LogP contribution in [0, 0.1) is 0 Å². The van der Waals surface area contributed by atoms with E-state index in [2.05, 4.69) is 6.92 Å². The van der Waals surface area contributed by atoms with Gasteiger partial charge in [0.15, 0.2) is 0 Å². The van der Waals surface area contributed by atoms with E-state index in [-0.39, 0.29) is 11.7 Å². The number of hydrogen-bond acceptors (Lipinski definition) is 2. The molecule has 0 spiro atoms. The number of hydrogen-bond donors (Lipinski definition) is 0. The van der Waals surface area contributed by atoms with Crippen molar-refractivity contribution >= 4 is 16.8 Å². The SMILES string of the molecule is CCc1ccccc1OCCC(=O)Cl. The van der Waals surface area contributed by atoms with Gasteiger partial charge in [0.25, 0.3) is 0 Å². The molecule has 0 saturated heterocycles. The zero-order chi connectivity index (χ0) is 10.4. The van der Waals surface area contributed by atoms with Crippen molar-refractivity contribution in [1.29, 1.82) is 0 Å². The normalized spacial score (nSPS) is 9.86. The summed E-state index contributed by atoms with van der Waals surface area (Å²) < 4.78 is 5.43. The molecule has 0 amide bonds. The van der Waals surface area contributed by atoms with Gasteiger partial charge < -0.3 is 4.74 Å². The molecule has 2 nitrogen and oxygen atoms in total. The summed E-state index contributed by atoms with van der Waals surface area (Å²) in [5, 5.41) is -0.362. The number of carbonyl (C=O) groups excluding carboxylic acids is 1. The van der Waals surface area contributed by atoms with E-state index in [1.807, 2.05) is 24.3 Å². The Morgan fingerprint density at radius 1 is 1.43 bits per heavy atom. The second-order valence-electron chi connectivity index (χ2n) is 2.91. The lowest BCUT2D eigenvalue weighted by molar-refractivity contribution is -0.112. The van der Waals surface area contributed by atoms with Crippen LogP contribution in [0.15, 0.2) is 24.3 Å². The Morgan fingerprint density at radius 3 is 2.79 bits per heavy atom. The summed E-state index contributed by atoms with van der Waals surface area (Å²) in [4.78, 5) is 10.5. The first-order valence-corrected chi connectivity index (χ1v) is 5.01. The highest BCUT2D eigenvalue weighted by Crippen LogP contribution is 2.18. The summed E-state index contributed by atoms with van der Waals surface area (Å²) >= 11 is 5.20. The second kappa shape index (κ2) is 5.66. The van der Waals surface area contributed by atoms with Crippen LogP contribution >= 0.6 is 11.6 Å². The van der Waals surface area contributed by atoms with Gasteiger partial charge in [0.05, 0.1) is 13.0 Å². The molecule has 0 fully saturated rings.